The molecule has 96 valence electrons. The quantitative estimate of drug-likeness (QED) is 0.920. The monoisotopic (exact) mass is 262 g/mol. The van der Waals surface area contributed by atoms with Crippen molar-refractivity contribution in [2.45, 2.75) is 33.1 Å². The fraction of sp³-hybridized carbons (Fsp3) is 0.462. The number of anilines is 1. The predicted molar refractivity (Wildman–Crippen MR) is 75.1 cm³/mol. The third-order valence-electron chi connectivity index (χ3n) is 3.27. The minimum Gasteiger partial charge on any atom is -0.358 e. The van der Waals surface area contributed by atoms with Crippen LogP contribution in [0.3, 0.4) is 0 Å². The maximum Gasteiger partial charge on any atom is 0.225 e. The van der Waals surface area contributed by atoms with Crippen LogP contribution in [0.25, 0.3) is 0 Å². The predicted octanol–water partition coefficient (Wildman–Crippen LogP) is 2.94. The molecule has 0 bridgehead atoms. The Bertz CT molecular complexity index is 520. The molecule has 5 heteroatoms. The standard InChI is InChI=1S/C13H18N4S/c1-9-5-6-11(7-10(9)2)13(3,4)8-14-12-15-16-17-18-12/h5-7H,8H2,1-4H3,(H,14,15,17). The summed E-state index contributed by atoms with van der Waals surface area (Å²) in [7, 11) is 0. The number of nitrogens with one attached hydrogen (secondary N) is 1. The first-order valence-electron chi connectivity index (χ1n) is 5.96. The van der Waals surface area contributed by atoms with E-state index in [0.717, 1.165) is 11.7 Å². The molecule has 0 atom stereocenters. The van der Waals surface area contributed by atoms with Gasteiger partial charge >= 0.3 is 0 Å². The van der Waals surface area contributed by atoms with Crippen LogP contribution >= 0.6 is 11.5 Å². The summed E-state index contributed by atoms with van der Waals surface area (Å²) in [5.74, 6) is 0. The molecule has 0 saturated carbocycles. The van der Waals surface area contributed by atoms with E-state index >= 15 is 0 Å². The summed E-state index contributed by atoms with van der Waals surface area (Å²) >= 11 is 1.28. The summed E-state index contributed by atoms with van der Waals surface area (Å²) in [6.07, 6.45) is 0. The van der Waals surface area contributed by atoms with Gasteiger partial charge in [0.2, 0.25) is 5.13 Å². The molecule has 0 aliphatic rings. The number of aromatic nitrogens is 3. The maximum atomic E-state index is 3.89. The van der Waals surface area contributed by atoms with Crippen LogP contribution in [-0.2, 0) is 5.41 Å². The van der Waals surface area contributed by atoms with Gasteiger partial charge in [-0.1, -0.05) is 41.6 Å². The molecular formula is C13H18N4S. The Morgan fingerprint density at radius 1 is 1.22 bits per heavy atom. The molecule has 0 radical (unpaired) electrons. The molecule has 0 aliphatic carbocycles. The normalized spacial score (nSPS) is 11.6. The summed E-state index contributed by atoms with van der Waals surface area (Å²) in [6.45, 7) is 9.54. The first-order chi connectivity index (χ1) is 8.49. The average Bonchev–Trinajstić information content (AvgIpc) is 2.83. The van der Waals surface area contributed by atoms with E-state index in [4.69, 9.17) is 0 Å². The molecule has 0 amide bonds. The van der Waals surface area contributed by atoms with E-state index in [-0.39, 0.29) is 5.41 Å². The van der Waals surface area contributed by atoms with E-state index in [1.54, 1.807) is 0 Å². The van der Waals surface area contributed by atoms with E-state index < -0.39 is 0 Å². The highest BCUT2D eigenvalue weighted by Gasteiger charge is 2.21. The molecule has 0 fully saturated rings. The van der Waals surface area contributed by atoms with Gasteiger partial charge in [-0.2, -0.15) is 0 Å². The molecule has 0 unspecified atom stereocenters. The number of hydrogen-bond donors (Lipinski definition) is 1. The van der Waals surface area contributed by atoms with Crippen LogP contribution in [-0.4, -0.2) is 21.3 Å². The number of benzene rings is 1. The second-order valence-corrected chi connectivity index (χ2v) is 5.94. The fourth-order valence-electron chi connectivity index (χ4n) is 1.76. The van der Waals surface area contributed by atoms with Gasteiger partial charge in [-0.25, -0.2) is 0 Å². The average molecular weight is 262 g/mol. The van der Waals surface area contributed by atoms with Gasteiger partial charge in [0.25, 0.3) is 0 Å². The second kappa shape index (κ2) is 5.02. The van der Waals surface area contributed by atoms with Crippen LogP contribution in [0.4, 0.5) is 5.13 Å². The van der Waals surface area contributed by atoms with Gasteiger partial charge in [0.1, 0.15) is 0 Å². The molecule has 4 nitrogen and oxygen atoms in total. The zero-order valence-electron chi connectivity index (χ0n) is 11.2. The minimum atomic E-state index is 0.0458. The fourth-order valence-corrected chi connectivity index (χ4v) is 2.12. The van der Waals surface area contributed by atoms with Crippen molar-refractivity contribution < 1.29 is 0 Å². The molecule has 2 aromatic rings. The SMILES string of the molecule is Cc1ccc(C(C)(C)CNc2nnns2)cc1C. The lowest BCUT2D eigenvalue weighted by Gasteiger charge is -2.26. The topological polar surface area (TPSA) is 50.7 Å². The van der Waals surface area contributed by atoms with Gasteiger partial charge < -0.3 is 5.32 Å². The minimum absolute atomic E-state index is 0.0458. The largest absolute Gasteiger partial charge is 0.358 e. The lowest BCUT2D eigenvalue weighted by molar-refractivity contribution is 0.556. The summed E-state index contributed by atoms with van der Waals surface area (Å²) < 4.78 is 3.74. The Morgan fingerprint density at radius 2 is 2.00 bits per heavy atom. The molecule has 1 heterocycles. The number of hydrogen-bond acceptors (Lipinski definition) is 5. The smallest absolute Gasteiger partial charge is 0.225 e. The van der Waals surface area contributed by atoms with Crippen molar-refractivity contribution in [1.82, 2.24) is 14.8 Å². The third kappa shape index (κ3) is 2.85. The van der Waals surface area contributed by atoms with Gasteiger partial charge in [0.15, 0.2) is 0 Å². The molecule has 0 saturated heterocycles. The number of aryl methyl sites for hydroxylation is 2. The molecule has 18 heavy (non-hydrogen) atoms. The first kappa shape index (κ1) is 13.0. The Morgan fingerprint density at radius 3 is 2.61 bits per heavy atom. The van der Waals surface area contributed by atoms with Crippen LogP contribution in [0.15, 0.2) is 18.2 Å². The third-order valence-corrected chi connectivity index (χ3v) is 3.82. The van der Waals surface area contributed by atoms with Crippen LogP contribution in [0.1, 0.15) is 30.5 Å². The number of nitrogens with zero attached hydrogens (tertiary/aromatic N) is 3. The van der Waals surface area contributed by atoms with Crippen molar-refractivity contribution in [1.29, 1.82) is 0 Å². The van der Waals surface area contributed by atoms with E-state index in [9.17, 15) is 0 Å². The van der Waals surface area contributed by atoms with Crippen molar-refractivity contribution in [3.63, 3.8) is 0 Å². The molecule has 1 aromatic carbocycles. The lowest BCUT2D eigenvalue weighted by Crippen LogP contribution is -2.27. The van der Waals surface area contributed by atoms with Gasteiger partial charge in [0, 0.05) is 23.5 Å². The van der Waals surface area contributed by atoms with Crippen molar-refractivity contribution in [2.24, 2.45) is 0 Å². The van der Waals surface area contributed by atoms with E-state index in [1.165, 1.54) is 28.2 Å². The highest BCUT2D eigenvalue weighted by Crippen LogP contribution is 2.25. The van der Waals surface area contributed by atoms with E-state index in [1.807, 2.05) is 0 Å². The highest BCUT2D eigenvalue weighted by molar-refractivity contribution is 7.09. The van der Waals surface area contributed by atoms with Gasteiger partial charge in [-0.3, -0.25) is 0 Å². The molecular weight excluding hydrogens is 244 g/mol. The Balaban J connectivity index is 2.11. The zero-order chi connectivity index (χ0) is 13.2. The molecule has 0 aliphatic heterocycles. The van der Waals surface area contributed by atoms with Gasteiger partial charge in [-0.05, 0) is 35.8 Å². The van der Waals surface area contributed by atoms with Crippen molar-refractivity contribution >= 4 is 16.7 Å². The first-order valence-corrected chi connectivity index (χ1v) is 6.73. The highest BCUT2D eigenvalue weighted by atomic mass is 32.1. The van der Waals surface area contributed by atoms with Crippen molar-refractivity contribution in [3.8, 4) is 0 Å². The zero-order valence-corrected chi connectivity index (χ0v) is 12.0. The van der Waals surface area contributed by atoms with E-state index in [2.05, 4.69) is 66.0 Å². The molecule has 1 aromatic heterocycles. The molecule has 0 spiro atoms. The van der Waals surface area contributed by atoms with Crippen LogP contribution < -0.4 is 5.32 Å². The summed E-state index contributed by atoms with van der Waals surface area (Å²) in [6, 6.07) is 6.64. The summed E-state index contributed by atoms with van der Waals surface area (Å²) in [5.41, 5.74) is 4.04. The van der Waals surface area contributed by atoms with Crippen LogP contribution in [0.2, 0.25) is 0 Å². The van der Waals surface area contributed by atoms with Crippen molar-refractivity contribution in [2.75, 3.05) is 11.9 Å². The van der Waals surface area contributed by atoms with Gasteiger partial charge in [0.05, 0.1) is 0 Å². The van der Waals surface area contributed by atoms with Gasteiger partial charge in [-0.15, -0.1) is 0 Å². The molecule has 1 N–H and O–H groups in total. The maximum absolute atomic E-state index is 3.89. The summed E-state index contributed by atoms with van der Waals surface area (Å²) in [4.78, 5) is 0. The van der Waals surface area contributed by atoms with Crippen LogP contribution in [0.5, 0.6) is 0 Å². The van der Waals surface area contributed by atoms with E-state index in [0.29, 0.717) is 0 Å². The second-order valence-electron chi connectivity index (χ2n) is 5.20. The Hall–Kier alpha value is -1.49. The van der Waals surface area contributed by atoms with Crippen LogP contribution in [0, 0.1) is 13.8 Å². The summed E-state index contributed by atoms with van der Waals surface area (Å²) in [5, 5.41) is 11.5. The lowest BCUT2D eigenvalue weighted by atomic mass is 9.83. The Kier molecular flexibility index (Phi) is 3.61. The number of rotatable bonds is 4. The Labute approximate surface area is 112 Å². The van der Waals surface area contributed by atoms with Crippen molar-refractivity contribution in [3.05, 3.63) is 34.9 Å². The molecule has 2 rings (SSSR count).